The standard InChI is InChI=1S/C11H10N4O2S/c12-5-9-2-1-3-10(4-9)6-15-18(16,17)11-7-13-8-14-11/h1-4,7-8,15H,6H2,(H,13,14). The van der Waals surface area contributed by atoms with Crippen molar-refractivity contribution in [1.29, 1.82) is 5.26 Å². The van der Waals surface area contributed by atoms with E-state index in [0.717, 1.165) is 5.56 Å². The van der Waals surface area contributed by atoms with E-state index in [2.05, 4.69) is 14.7 Å². The molecule has 1 aromatic heterocycles. The van der Waals surface area contributed by atoms with Crippen molar-refractivity contribution in [3.8, 4) is 6.07 Å². The largest absolute Gasteiger partial charge is 0.335 e. The number of imidazole rings is 1. The second-order valence-corrected chi connectivity index (χ2v) is 5.29. The molecule has 0 fully saturated rings. The summed E-state index contributed by atoms with van der Waals surface area (Å²) in [7, 11) is -3.59. The highest BCUT2D eigenvalue weighted by Crippen LogP contribution is 2.07. The SMILES string of the molecule is N#Cc1cccc(CNS(=O)(=O)c2cnc[nH]2)c1. The molecule has 2 N–H and O–H groups in total. The summed E-state index contributed by atoms with van der Waals surface area (Å²) in [6.07, 6.45) is 2.53. The number of nitrogens with one attached hydrogen (secondary N) is 2. The molecule has 0 amide bonds. The van der Waals surface area contributed by atoms with E-state index >= 15 is 0 Å². The highest BCUT2D eigenvalue weighted by atomic mass is 32.2. The Bertz CT molecular complexity index is 671. The lowest BCUT2D eigenvalue weighted by molar-refractivity contribution is 0.578. The summed E-state index contributed by atoms with van der Waals surface area (Å²) in [5.74, 6) is 0. The van der Waals surface area contributed by atoms with Gasteiger partial charge in [0.1, 0.15) is 0 Å². The molecule has 6 nitrogen and oxygen atoms in total. The highest BCUT2D eigenvalue weighted by Gasteiger charge is 2.14. The zero-order valence-corrected chi connectivity index (χ0v) is 10.1. The van der Waals surface area contributed by atoms with Gasteiger partial charge in [0.2, 0.25) is 0 Å². The van der Waals surface area contributed by atoms with Crippen LogP contribution in [0.1, 0.15) is 11.1 Å². The average Bonchev–Trinajstić information content (AvgIpc) is 2.91. The summed E-state index contributed by atoms with van der Waals surface area (Å²) in [4.78, 5) is 6.18. The van der Waals surface area contributed by atoms with Crippen LogP contribution < -0.4 is 4.72 Å². The Kier molecular flexibility index (Phi) is 3.41. The number of benzene rings is 1. The number of rotatable bonds is 4. The summed E-state index contributed by atoms with van der Waals surface area (Å²) in [5.41, 5.74) is 1.21. The second kappa shape index (κ2) is 5.00. The van der Waals surface area contributed by atoms with Gasteiger partial charge in [-0.2, -0.15) is 5.26 Å². The van der Waals surface area contributed by atoms with Crippen LogP contribution in [0.3, 0.4) is 0 Å². The smallest absolute Gasteiger partial charge is 0.257 e. The fourth-order valence-electron chi connectivity index (χ4n) is 1.40. The number of nitriles is 1. The molecule has 0 radical (unpaired) electrons. The van der Waals surface area contributed by atoms with Crippen LogP contribution in [0.2, 0.25) is 0 Å². The zero-order valence-electron chi connectivity index (χ0n) is 9.29. The fourth-order valence-corrected chi connectivity index (χ4v) is 2.32. The van der Waals surface area contributed by atoms with Gasteiger partial charge in [0, 0.05) is 6.54 Å². The molecule has 0 saturated heterocycles. The van der Waals surface area contributed by atoms with Crippen molar-refractivity contribution in [3.05, 3.63) is 47.9 Å². The van der Waals surface area contributed by atoms with Crippen LogP contribution in [-0.4, -0.2) is 18.4 Å². The van der Waals surface area contributed by atoms with E-state index < -0.39 is 10.0 Å². The Balaban J connectivity index is 2.10. The van der Waals surface area contributed by atoms with Crippen molar-refractivity contribution in [2.45, 2.75) is 11.6 Å². The van der Waals surface area contributed by atoms with Gasteiger partial charge >= 0.3 is 0 Å². The van der Waals surface area contributed by atoms with Crippen LogP contribution in [0.4, 0.5) is 0 Å². The molecule has 0 aliphatic carbocycles. The number of nitrogens with zero attached hydrogens (tertiary/aromatic N) is 2. The first-order valence-corrected chi connectivity index (χ1v) is 6.57. The predicted octanol–water partition coefficient (Wildman–Crippen LogP) is 0.760. The molecule has 0 atom stereocenters. The molecule has 18 heavy (non-hydrogen) atoms. The van der Waals surface area contributed by atoms with Gasteiger partial charge in [0.25, 0.3) is 10.0 Å². The van der Waals surface area contributed by atoms with E-state index in [1.54, 1.807) is 24.3 Å². The molecule has 92 valence electrons. The molecule has 0 aliphatic heterocycles. The van der Waals surface area contributed by atoms with Gasteiger partial charge in [-0.25, -0.2) is 18.1 Å². The first-order valence-electron chi connectivity index (χ1n) is 5.09. The van der Waals surface area contributed by atoms with Gasteiger partial charge < -0.3 is 4.98 Å². The van der Waals surface area contributed by atoms with Crippen LogP contribution in [0.5, 0.6) is 0 Å². The first kappa shape index (κ1) is 12.3. The van der Waals surface area contributed by atoms with Gasteiger partial charge in [0.05, 0.1) is 24.2 Å². The zero-order chi connectivity index (χ0) is 13.0. The molecular weight excluding hydrogens is 252 g/mol. The maximum absolute atomic E-state index is 11.8. The van der Waals surface area contributed by atoms with E-state index in [1.165, 1.54) is 12.5 Å². The van der Waals surface area contributed by atoms with E-state index in [9.17, 15) is 8.42 Å². The maximum atomic E-state index is 11.8. The Hall–Kier alpha value is -2.17. The lowest BCUT2D eigenvalue weighted by atomic mass is 10.1. The Morgan fingerprint density at radius 3 is 2.94 bits per heavy atom. The van der Waals surface area contributed by atoms with Crippen molar-refractivity contribution < 1.29 is 8.42 Å². The van der Waals surface area contributed by atoms with Gasteiger partial charge in [-0.3, -0.25) is 0 Å². The molecule has 7 heteroatoms. The molecule has 0 aliphatic rings. The van der Waals surface area contributed by atoms with Crippen molar-refractivity contribution in [2.24, 2.45) is 0 Å². The summed E-state index contributed by atoms with van der Waals surface area (Å²) in [5, 5.41) is 8.75. The minimum atomic E-state index is -3.59. The van der Waals surface area contributed by atoms with Crippen molar-refractivity contribution in [1.82, 2.24) is 14.7 Å². The Morgan fingerprint density at radius 2 is 2.28 bits per heavy atom. The lowest BCUT2D eigenvalue weighted by Gasteiger charge is -2.04. The second-order valence-electron chi connectivity index (χ2n) is 3.55. The van der Waals surface area contributed by atoms with Crippen LogP contribution in [0, 0.1) is 11.3 Å². The summed E-state index contributed by atoms with van der Waals surface area (Å²) in [6, 6.07) is 8.75. The van der Waals surface area contributed by atoms with Crippen LogP contribution in [0.25, 0.3) is 0 Å². The number of H-pyrrole nitrogens is 1. The summed E-state index contributed by atoms with van der Waals surface area (Å²) in [6.45, 7) is 0.122. The number of aromatic nitrogens is 2. The van der Waals surface area contributed by atoms with E-state index in [4.69, 9.17) is 5.26 Å². The van der Waals surface area contributed by atoms with Crippen LogP contribution in [0.15, 0.2) is 41.8 Å². The first-order chi connectivity index (χ1) is 8.62. The van der Waals surface area contributed by atoms with Crippen molar-refractivity contribution in [2.75, 3.05) is 0 Å². The fraction of sp³-hybridized carbons (Fsp3) is 0.0909. The normalized spacial score (nSPS) is 11.1. The molecule has 0 unspecified atom stereocenters. The molecule has 1 aromatic carbocycles. The van der Waals surface area contributed by atoms with Gasteiger partial charge in [0.15, 0.2) is 5.03 Å². The maximum Gasteiger partial charge on any atom is 0.257 e. The minimum Gasteiger partial charge on any atom is -0.335 e. The number of sulfonamides is 1. The molecular formula is C11H10N4O2S. The van der Waals surface area contributed by atoms with Gasteiger partial charge in [-0.1, -0.05) is 12.1 Å². The number of hydrogen-bond acceptors (Lipinski definition) is 4. The monoisotopic (exact) mass is 262 g/mol. The molecule has 0 saturated carbocycles. The van der Waals surface area contributed by atoms with Crippen LogP contribution >= 0.6 is 0 Å². The van der Waals surface area contributed by atoms with Gasteiger partial charge in [-0.15, -0.1) is 0 Å². The number of hydrogen-bond donors (Lipinski definition) is 2. The topological polar surface area (TPSA) is 98.6 Å². The van der Waals surface area contributed by atoms with E-state index in [1.807, 2.05) is 6.07 Å². The average molecular weight is 262 g/mol. The Labute approximate surface area is 104 Å². The van der Waals surface area contributed by atoms with E-state index in [-0.39, 0.29) is 11.6 Å². The third kappa shape index (κ3) is 2.74. The summed E-state index contributed by atoms with van der Waals surface area (Å²) < 4.78 is 26.0. The summed E-state index contributed by atoms with van der Waals surface area (Å²) >= 11 is 0. The molecule has 0 spiro atoms. The molecule has 1 heterocycles. The third-order valence-electron chi connectivity index (χ3n) is 2.29. The predicted molar refractivity (Wildman–Crippen MR) is 63.8 cm³/mol. The van der Waals surface area contributed by atoms with Gasteiger partial charge in [-0.05, 0) is 17.7 Å². The van der Waals surface area contributed by atoms with Crippen molar-refractivity contribution >= 4 is 10.0 Å². The van der Waals surface area contributed by atoms with E-state index in [0.29, 0.717) is 5.56 Å². The Morgan fingerprint density at radius 1 is 1.44 bits per heavy atom. The third-order valence-corrected chi connectivity index (χ3v) is 3.61. The lowest BCUT2D eigenvalue weighted by Crippen LogP contribution is -2.23. The molecule has 2 aromatic rings. The van der Waals surface area contributed by atoms with Crippen molar-refractivity contribution in [3.63, 3.8) is 0 Å². The highest BCUT2D eigenvalue weighted by molar-refractivity contribution is 7.89. The van der Waals surface area contributed by atoms with Crippen LogP contribution in [-0.2, 0) is 16.6 Å². The molecule has 0 bridgehead atoms. The minimum absolute atomic E-state index is 0.0129. The number of aromatic amines is 1. The quantitative estimate of drug-likeness (QED) is 0.849. The molecule has 2 rings (SSSR count).